The van der Waals surface area contributed by atoms with Crippen LogP contribution in [0, 0.1) is 0 Å². The molecule has 76 valence electrons. The van der Waals surface area contributed by atoms with Gasteiger partial charge in [-0.25, -0.2) is 9.97 Å². The van der Waals surface area contributed by atoms with Crippen LogP contribution >= 0.6 is 0 Å². The zero-order valence-electron chi connectivity index (χ0n) is 7.97. The minimum absolute atomic E-state index is 0.109. The van der Waals surface area contributed by atoms with Gasteiger partial charge in [0.15, 0.2) is 5.82 Å². The van der Waals surface area contributed by atoms with Crippen LogP contribution in [0.3, 0.4) is 0 Å². The minimum Gasteiger partial charge on any atom is -0.394 e. The predicted molar refractivity (Wildman–Crippen MR) is 53.5 cm³/mol. The predicted octanol–water partition coefficient (Wildman–Crippen LogP) is -0.630. The lowest BCUT2D eigenvalue weighted by atomic mass is 10.4. The van der Waals surface area contributed by atoms with Gasteiger partial charge in [-0.2, -0.15) is 0 Å². The first-order chi connectivity index (χ1) is 6.65. The molecule has 1 amide bonds. The summed E-state index contributed by atoms with van der Waals surface area (Å²) in [6.07, 6.45) is 2.88. The molecule has 0 aliphatic heterocycles. The number of rotatable bonds is 4. The maximum atomic E-state index is 10.7. The summed E-state index contributed by atoms with van der Waals surface area (Å²) in [5.74, 6) is 0.131. The van der Waals surface area contributed by atoms with Gasteiger partial charge < -0.3 is 16.4 Å². The van der Waals surface area contributed by atoms with Gasteiger partial charge in [-0.05, 0) is 6.92 Å². The number of anilines is 2. The molecule has 4 N–H and O–H groups in total. The van der Waals surface area contributed by atoms with Crippen LogP contribution < -0.4 is 16.4 Å². The van der Waals surface area contributed by atoms with Crippen LogP contribution in [0.2, 0.25) is 0 Å². The maximum absolute atomic E-state index is 10.7. The van der Waals surface area contributed by atoms with E-state index in [0.29, 0.717) is 18.1 Å². The standard InChI is InChI=1S/C8H13N5O/c1-2-13(4-7(10)14)8-6(9)3-11-5-12-8/h3,5H,2,4,9H2,1H3,(H2,10,14). The third kappa shape index (κ3) is 2.32. The zero-order chi connectivity index (χ0) is 10.6. The Morgan fingerprint density at radius 1 is 1.64 bits per heavy atom. The van der Waals surface area contributed by atoms with Gasteiger partial charge in [-0.15, -0.1) is 0 Å². The summed E-state index contributed by atoms with van der Waals surface area (Å²) in [6.45, 7) is 2.62. The van der Waals surface area contributed by atoms with Crippen molar-refractivity contribution in [3.8, 4) is 0 Å². The van der Waals surface area contributed by atoms with Crippen molar-refractivity contribution in [2.75, 3.05) is 23.7 Å². The summed E-state index contributed by atoms with van der Waals surface area (Å²) in [5, 5.41) is 0. The Hall–Kier alpha value is -1.85. The van der Waals surface area contributed by atoms with Gasteiger partial charge in [-0.1, -0.05) is 0 Å². The number of likely N-dealkylation sites (N-methyl/N-ethyl adjacent to an activating group) is 1. The van der Waals surface area contributed by atoms with Crippen molar-refractivity contribution in [2.24, 2.45) is 5.73 Å². The number of carbonyl (C=O) groups excluding carboxylic acids is 1. The molecule has 0 saturated heterocycles. The van der Waals surface area contributed by atoms with Gasteiger partial charge in [0.05, 0.1) is 18.4 Å². The number of nitrogens with zero attached hydrogens (tertiary/aromatic N) is 3. The molecule has 0 atom stereocenters. The fourth-order valence-corrected chi connectivity index (χ4v) is 1.12. The monoisotopic (exact) mass is 195 g/mol. The fourth-order valence-electron chi connectivity index (χ4n) is 1.12. The van der Waals surface area contributed by atoms with Crippen molar-refractivity contribution >= 4 is 17.4 Å². The smallest absolute Gasteiger partial charge is 0.236 e. The second kappa shape index (κ2) is 4.40. The zero-order valence-corrected chi connectivity index (χ0v) is 7.97. The van der Waals surface area contributed by atoms with Crippen molar-refractivity contribution in [1.82, 2.24) is 9.97 Å². The average Bonchev–Trinajstić information content (AvgIpc) is 2.15. The Balaban J connectivity index is 2.89. The number of aromatic nitrogens is 2. The van der Waals surface area contributed by atoms with Crippen molar-refractivity contribution in [3.05, 3.63) is 12.5 Å². The molecule has 0 spiro atoms. The molecule has 6 heteroatoms. The highest BCUT2D eigenvalue weighted by Crippen LogP contribution is 2.16. The van der Waals surface area contributed by atoms with Gasteiger partial charge in [0.1, 0.15) is 6.33 Å². The lowest BCUT2D eigenvalue weighted by Gasteiger charge is -2.20. The summed E-state index contributed by atoms with van der Waals surface area (Å²) in [4.78, 5) is 20.2. The van der Waals surface area contributed by atoms with Crippen molar-refractivity contribution in [2.45, 2.75) is 6.92 Å². The molecule has 1 rings (SSSR count). The number of carbonyl (C=O) groups is 1. The Bertz CT molecular complexity index is 327. The van der Waals surface area contributed by atoms with Crippen molar-refractivity contribution in [3.63, 3.8) is 0 Å². The SMILES string of the molecule is CCN(CC(N)=O)c1ncncc1N. The molecule has 1 heterocycles. The molecule has 1 aromatic rings. The fraction of sp³-hybridized carbons (Fsp3) is 0.375. The molecule has 0 aliphatic carbocycles. The van der Waals surface area contributed by atoms with Gasteiger partial charge in [0.2, 0.25) is 5.91 Å². The van der Waals surface area contributed by atoms with E-state index in [4.69, 9.17) is 11.5 Å². The highest BCUT2D eigenvalue weighted by atomic mass is 16.1. The van der Waals surface area contributed by atoms with Gasteiger partial charge >= 0.3 is 0 Å². The Labute approximate surface area is 81.9 Å². The van der Waals surface area contributed by atoms with E-state index in [2.05, 4.69) is 9.97 Å². The topological polar surface area (TPSA) is 98.1 Å². The van der Waals surface area contributed by atoms with Gasteiger partial charge in [0.25, 0.3) is 0 Å². The lowest BCUT2D eigenvalue weighted by molar-refractivity contribution is -0.116. The molecular weight excluding hydrogens is 182 g/mol. The van der Waals surface area contributed by atoms with Crippen LogP contribution in [0.25, 0.3) is 0 Å². The highest BCUT2D eigenvalue weighted by Gasteiger charge is 2.11. The van der Waals surface area contributed by atoms with Gasteiger partial charge in [-0.3, -0.25) is 4.79 Å². The molecule has 0 aliphatic rings. The van der Waals surface area contributed by atoms with E-state index < -0.39 is 5.91 Å². The van der Waals surface area contributed by atoms with Crippen LogP contribution in [0.4, 0.5) is 11.5 Å². The Morgan fingerprint density at radius 2 is 2.36 bits per heavy atom. The van der Waals surface area contributed by atoms with Crippen LogP contribution in [-0.2, 0) is 4.79 Å². The summed E-state index contributed by atoms with van der Waals surface area (Å²) >= 11 is 0. The Kier molecular flexibility index (Phi) is 3.22. The number of hydrogen-bond acceptors (Lipinski definition) is 5. The summed E-state index contributed by atoms with van der Waals surface area (Å²) in [7, 11) is 0. The average molecular weight is 195 g/mol. The van der Waals surface area contributed by atoms with Crippen LogP contribution in [0.15, 0.2) is 12.5 Å². The molecular formula is C8H13N5O. The molecule has 0 aromatic carbocycles. The third-order valence-electron chi connectivity index (χ3n) is 1.75. The normalized spacial score (nSPS) is 9.79. The Morgan fingerprint density at radius 3 is 2.86 bits per heavy atom. The highest BCUT2D eigenvalue weighted by molar-refractivity contribution is 5.80. The first-order valence-electron chi connectivity index (χ1n) is 4.24. The van der Waals surface area contributed by atoms with Crippen molar-refractivity contribution in [1.29, 1.82) is 0 Å². The molecule has 0 saturated carbocycles. The van der Waals surface area contributed by atoms with E-state index in [0.717, 1.165) is 0 Å². The molecule has 6 nitrogen and oxygen atoms in total. The van der Waals surface area contributed by atoms with Crippen LogP contribution in [0.5, 0.6) is 0 Å². The molecule has 1 aromatic heterocycles. The van der Waals surface area contributed by atoms with E-state index in [1.807, 2.05) is 6.92 Å². The summed E-state index contributed by atoms with van der Waals surface area (Å²) in [5.41, 5.74) is 11.2. The van der Waals surface area contributed by atoms with Gasteiger partial charge in [0, 0.05) is 6.54 Å². The number of nitrogens with two attached hydrogens (primary N) is 2. The number of hydrogen-bond donors (Lipinski definition) is 2. The second-order valence-electron chi connectivity index (χ2n) is 2.78. The number of primary amides is 1. The number of nitrogen functional groups attached to an aromatic ring is 1. The largest absolute Gasteiger partial charge is 0.394 e. The van der Waals surface area contributed by atoms with Crippen molar-refractivity contribution < 1.29 is 4.79 Å². The number of amides is 1. The molecule has 14 heavy (non-hydrogen) atoms. The van der Waals surface area contributed by atoms with E-state index in [1.165, 1.54) is 12.5 Å². The van der Waals surface area contributed by atoms with Crippen LogP contribution in [0.1, 0.15) is 6.92 Å². The quantitative estimate of drug-likeness (QED) is 0.666. The third-order valence-corrected chi connectivity index (χ3v) is 1.75. The first-order valence-corrected chi connectivity index (χ1v) is 4.24. The molecule has 0 fully saturated rings. The van der Waals surface area contributed by atoms with E-state index in [9.17, 15) is 4.79 Å². The molecule has 0 unspecified atom stereocenters. The summed E-state index contributed by atoms with van der Waals surface area (Å²) < 4.78 is 0. The van der Waals surface area contributed by atoms with Crippen LogP contribution in [-0.4, -0.2) is 29.0 Å². The maximum Gasteiger partial charge on any atom is 0.236 e. The molecule has 0 bridgehead atoms. The second-order valence-corrected chi connectivity index (χ2v) is 2.78. The van der Waals surface area contributed by atoms with E-state index in [-0.39, 0.29) is 6.54 Å². The molecule has 0 radical (unpaired) electrons. The van der Waals surface area contributed by atoms with E-state index >= 15 is 0 Å². The summed E-state index contributed by atoms with van der Waals surface area (Å²) in [6, 6.07) is 0. The van der Waals surface area contributed by atoms with E-state index in [1.54, 1.807) is 4.90 Å². The first kappa shape index (κ1) is 10.2. The minimum atomic E-state index is -0.412. The lowest BCUT2D eigenvalue weighted by Crippen LogP contribution is -2.34.